The number of aldehydes is 1. The predicted octanol–water partition coefficient (Wildman–Crippen LogP) is 5.84. The number of halogens is 2. The third-order valence-electron chi connectivity index (χ3n) is 4.98. The highest BCUT2D eigenvalue weighted by molar-refractivity contribution is 5.59. The Labute approximate surface area is 149 Å². The molecule has 0 N–H and O–H groups in total. The Morgan fingerprint density at radius 2 is 1.08 bits per heavy atom. The average molecular weight is 344 g/mol. The number of hydrogen-bond acceptors (Lipinski definition) is 1. The van der Waals surface area contributed by atoms with E-state index < -0.39 is 0 Å². The van der Waals surface area contributed by atoms with Crippen LogP contribution in [0.1, 0.15) is 44.7 Å². The number of carbonyl (C=O) groups excluding carboxylic acids is 1. The second-order valence-corrected chi connectivity index (χ2v) is 7.36. The van der Waals surface area contributed by atoms with E-state index in [-0.39, 0.29) is 29.4 Å². The molecule has 0 spiro atoms. The van der Waals surface area contributed by atoms with Crippen LogP contribution in [0.25, 0.3) is 0 Å². The summed E-state index contributed by atoms with van der Waals surface area (Å²) in [5.74, 6) is -0.318. The van der Waals surface area contributed by atoms with Crippen molar-refractivity contribution in [1.29, 1.82) is 0 Å². The van der Waals surface area contributed by atoms with Gasteiger partial charge in [-0.1, -0.05) is 52.0 Å². The van der Waals surface area contributed by atoms with E-state index in [4.69, 9.17) is 0 Å². The molecule has 1 unspecified atom stereocenters. The number of carbonyl (C=O) groups is 1. The highest BCUT2D eigenvalue weighted by atomic mass is 19.1. The van der Waals surface area contributed by atoms with Gasteiger partial charge in [-0.25, -0.2) is 8.78 Å². The van der Waals surface area contributed by atoms with Gasteiger partial charge in [-0.05, 0) is 53.1 Å². The van der Waals surface area contributed by atoms with Gasteiger partial charge in [0.2, 0.25) is 0 Å². The molecule has 1 nitrogen and oxygen atoms in total. The Hall–Kier alpha value is -2.03. The summed E-state index contributed by atoms with van der Waals surface area (Å²) in [5, 5.41) is 0. The molecule has 2 aromatic carbocycles. The molecule has 2 rings (SSSR count). The number of hydrogen-bond donors (Lipinski definition) is 0. The molecule has 1 atom stereocenters. The van der Waals surface area contributed by atoms with Crippen molar-refractivity contribution in [2.45, 2.75) is 33.6 Å². The van der Waals surface area contributed by atoms with E-state index >= 15 is 0 Å². The molecule has 0 saturated heterocycles. The summed E-state index contributed by atoms with van der Waals surface area (Å²) in [5.41, 5.74) is 1.74. The van der Waals surface area contributed by atoms with Crippen LogP contribution in [0.3, 0.4) is 0 Å². The maximum atomic E-state index is 13.4. The maximum Gasteiger partial charge on any atom is 0.124 e. The quantitative estimate of drug-likeness (QED) is 0.577. The van der Waals surface area contributed by atoms with Gasteiger partial charge in [0, 0.05) is 11.8 Å². The minimum Gasteiger partial charge on any atom is -0.303 e. The lowest BCUT2D eigenvalue weighted by Crippen LogP contribution is -2.31. The predicted molar refractivity (Wildman–Crippen MR) is 97.4 cm³/mol. The second kappa shape index (κ2) is 8.37. The number of benzene rings is 2. The van der Waals surface area contributed by atoms with Gasteiger partial charge in [-0.15, -0.1) is 0 Å². The average Bonchev–Trinajstić information content (AvgIpc) is 2.56. The first-order valence-corrected chi connectivity index (χ1v) is 8.81. The molecule has 0 aliphatic heterocycles. The lowest BCUT2D eigenvalue weighted by Gasteiger charge is -2.36. The summed E-state index contributed by atoms with van der Waals surface area (Å²) < 4.78 is 26.8. The normalized spacial score (nSPS) is 13.0. The molecule has 0 bridgehead atoms. The standard InChI is InChI=1S/C22H26F2O/c1-14(2)21(15(3)4)20(13-25)22(16-5-9-18(23)10-6-16)17-7-11-19(24)12-8-17/h5-15,20-22H,1-4H3. The van der Waals surface area contributed by atoms with Gasteiger partial charge in [0.25, 0.3) is 0 Å². The summed E-state index contributed by atoms with van der Waals surface area (Å²) >= 11 is 0. The fraction of sp³-hybridized carbons (Fsp3) is 0.409. The Morgan fingerprint density at radius 3 is 1.36 bits per heavy atom. The van der Waals surface area contributed by atoms with Crippen LogP contribution in [0.4, 0.5) is 8.78 Å². The van der Waals surface area contributed by atoms with Crippen LogP contribution in [-0.4, -0.2) is 6.29 Å². The molecule has 0 fully saturated rings. The molecule has 0 saturated carbocycles. The first-order valence-electron chi connectivity index (χ1n) is 8.81. The summed E-state index contributed by atoms with van der Waals surface area (Å²) in [6, 6.07) is 12.5. The summed E-state index contributed by atoms with van der Waals surface area (Å²) in [6.07, 6.45) is 1.02. The zero-order chi connectivity index (χ0) is 18.6. The Bertz CT molecular complexity index is 621. The Balaban J connectivity index is 2.57. The molecule has 0 radical (unpaired) electrons. The van der Waals surface area contributed by atoms with Gasteiger partial charge in [-0.3, -0.25) is 0 Å². The second-order valence-electron chi connectivity index (χ2n) is 7.36. The molecule has 2 aromatic rings. The minimum atomic E-state index is -0.312. The van der Waals surface area contributed by atoms with E-state index in [0.29, 0.717) is 11.8 Å². The monoisotopic (exact) mass is 344 g/mol. The van der Waals surface area contributed by atoms with Crippen molar-refractivity contribution in [2.24, 2.45) is 23.7 Å². The van der Waals surface area contributed by atoms with Gasteiger partial charge in [0.1, 0.15) is 17.9 Å². The molecule has 0 amide bonds. The topological polar surface area (TPSA) is 17.1 Å². The van der Waals surface area contributed by atoms with Crippen molar-refractivity contribution >= 4 is 6.29 Å². The molecule has 0 aromatic heterocycles. The number of rotatable bonds is 7. The molecular formula is C22H26F2O. The van der Waals surface area contributed by atoms with Crippen molar-refractivity contribution in [1.82, 2.24) is 0 Å². The molecule has 3 heteroatoms. The largest absolute Gasteiger partial charge is 0.303 e. The van der Waals surface area contributed by atoms with Gasteiger partial charge < -0.3 is 4.79 Å². The van der Waals surface area contributed by atoms with E-state index in [1.165, 1.54) is 24.3 Å². The van der Waals surface area contributed by atoms with Crippen LogP contribution in [0.5, 0.6) is 0 Å². The van der Waals surface area contributed by atoms with Crippen LogP contribution in [0, 0.1) is 35.3 Å². The Morgan fingerprint density at radius 1 is 0.720 bits per heavy atom. The van der Waals surface area contributed by atoms with Crippen LogP contribution in [0.15, 0.2) is 48.5 Å². The van der Waals surface area contributed by atoms with Crippen LogP contribution >= 0.6 is 0 Å². The molecule has 0 aliphatic carbocycles. The van der Waals surface area contributed by atoms with Crippen molar-refractivity contribution in [3.63, 3.8) is 0 Å². The van der Waals surface area contributed by atoms with Gasteiger partial charge in [-0.2, -0.15) is 0 Å². The van der Waals surface area contributed by atoms with E-state index in [1.54, 1.807) is 24.3 Å². The lowest BCUT2D eigenvalue weighted by molar-refractivity contribution is -0.114. The van der Waals surface area contributed by atoms with Crippen molar-refractivity contribution in [3.8, 4) is 0 Å². The molecule has 0 heterocycles. The van der Waals surface area contributed by atoms with Crippen LogP contribution in [-0.2, 0) is 4.79 Å². The third-order valence-corrected chi connectivity index (χ3v) is 4.98. The van der Waals surface area contributed by atoms with E-state index in [1.807, 2.05) is 0 Å². The van der Waals surface area contributed by atoms with E-state index in [0.717, 1.165) is 17.4 Å². The van der Waals surface area contributed by atoms with Crippen molar-refractivity contribution in [3.05, 3.63) is 71.3 Å². The van der Waals surface area contributed by atoms with Gasteiger partial charge >= 0.3 is 0 Å². The summed E-state index contributed by atoms with van der Waals surface area (Å²) in [6.45, 7) is 8.47. The molecule has 25 heavy (non-hydrogen) atoms. The first kappa shape index (κ1) is 19.3. The Kier molecular flexibility index (Phi) is 6.46. The highest BCUT2D eigenvalue weighted by Crippen LogP contribution is 2.41. The van der Waals surface area contributed by atoms with Crippen LogP contribution in [0.2, 0.25) is 0 Å². The molecular weight excluding hydrogens is 318 g/mol. The van der Waals surface area contributed by atoms with Crippen LogP contribution < -0.4 is 0 Å². The summed E-state index contributed by atoms with van der Waals surface area (Å²) in [4.78, 5) is 12.1. The smallest absolute Gasteiger partial charge is 0.124 e. The van der Waals surface area contributed by atoms with Crippen molar-refractivity contribution in [2.75, 3.05) is 0 Å². The van der Waals surface area contributed by atoms with E-state index in [9.17, 15) is 13.6 Å². The van der Waals surface area contributed by atoms with E-state index in [2.05, 4.69) is 27.7 Å². The van der Waals surface area contributed by atoms with Gasteiger partial charge in [0.15, 0.2) is 0 Å². The highest BCUT2D eigenvalue weighted by Gasteiger charge is 2.35. The fourth-order valence-corrected chi connectivity index (χ4v) is 4.03. The molecule has 0 aliphatic rings. The first-order chi connectivity index (χ1) is 11.8. The maximum absolute atomic E-state index is 13.4. The van der Waals surface area contributed by atoms with Gasteiger partial charge in [0.05, 0.1) is 0 Å². The lowest BCUT2D eigenvalue weighted by atomic mass is 9.67. The summed E-state index contributed by atoms with van der Waals surface area (Å²) in [7, 11) is 0. The SMILES string of the molecule is CC(C)C(C(C)C)C(C=O)C(c1ccc(F)cc1)c1ccc(F)cc1. The third kappa shape index (κ3) is 4.53. The fourth-order valence-electron chi connectivity index (χ4n) is 4.03. The zero-order valence-corrected chi connectivity index (χ0v) is 15.2. The zero-order valence-electron chi connectivity index (χ0n) is 15.2. The van der Waals surface area contributed by atoms with Crippen molar-refractivity contribution < 1.29 is 13.6 Å². The minimum absolute atomic E-state index is 0.164. The molecule has 134 valence electrons.